The van der Waals surface area contributed by atoms with Crippen LogP contribution in [0.3, 0.4) is 0 Å². The molecule has 8 heteroatoms. The maximum atomic E-state index is 12.3. The van der Waals surface area contributed by atoms with E-state index in [2.05, 4.69) is 10.1 Å². The van der Waals surface area contributed by atoms with E-state index in [1.807, 2.05) is 43.9 Å². The van der Waals surface area contributed by atoms with Crippen molar-refractivity contribution in [3.63, 3.8) is 0 Å². The lowest BCUT2D eigenvalue weighted by atomic mass is 9.97. The average molecular weight is 425 g/mol. The van der Waals surface area contributed by atoms with Crippen LogP contribution in [0.2, 0.25) is 0 Å². The summed E-state index contributed by atoms with van der Waals surface area (Å²) < 4.78 is 11.2. The van der Waals surface area contributed by atoms with E-state index in [1.54, 1.807) is 4.90 Å². The number of amides is 2. The lowest BCUT2D eigenvalue weighted by molar-refractivity contribution is -0.117. The van der Waals surface area contributed by atoms with Gasteiger partial charge in [0.25, 0.3) is 0 Å². The number of benzene rings is 1. The summed E-state index contributed by atoms with van der Waals surface area (Å²) in [5.74, 6) is 1.39. The van der Waals surface area contributed by atoms with Gasteiger partial charge in [-0.15, -0.1) is 0 Å². The van der Waals surface area contributed by atoms with Gasteiger partial charge in [0.1, 0.15) is 5.60 Å². The fraction of sp³-hybridized carbons (Fsp3) is 0.565. The average Bonchev–Trinajstić information content (AvgIpc) is 3.15. The third-order valence-electron chi connectivity index (χ3n) is 6.56. The molecule has 2 aromatic rings. The maximum Gasteiger partial charge on any atom is 0.410 e. The van der Waals surface area contributed by atoms with Gasteiger partial charge in [-0.3, -0.25) is 4.79 Å². The van der Waals surface area contributed by atoms with E-state index >= 15 is 0 Å². The second-order valence-electron chi connectivity index (χ2n) is 9.41. The van der Waals surface area contributed by atoms with E-state index in [4.69, 9.17) is 9.26 Å². The number of carbonyl (C=O) groups is 2. The van der Waals surface area contributed by atoms with Gasteiger partial charge < -0.3 is 19.1 Å². The molecule has 8 nitrogen and oxygen atoms in total. The standard InChI is InChI=1S/C23H28N4O4/c1-14(2)27-18-12-17(5-4-16(18)13-19(27)28)20-24-21(31-25-20)15-6-10-26(11-7-15)22(29)30-23(3)8-9-23/h4-5,12,14-15H,6-11,13H2,1-3H3. The van der Waals surface area contributed by atoms with Crippen LogP contribution in [0.5, 0.6) is 0 Å². The largest absolute Gasteiger partial charge is 0.443 e. The Hall–Kier alpha value is -2.90. The van der Waals surface area contributed by atoms with Crippen molar-refractivity contribution in [3.8, 4) is 11.4 Å². The van der Waals surface area contributed by atoms with E-state index in [0.717, 1.165) is 42.5 Å². The minimum Gasteiger partial charge on any atom is -0.443 e. The van der Waals surface area contributed by atoms with Crippen LogP contribution in [0, 0.1) is 0 Å². The van der Waals surface area contributed by atoms with E-state index < -0.39 is 0 Å². The third-order valence-corrected chi connectivity index (χ3v) is 6.56. The van der Waals surface area contributed by atoms with E-state index in [9.17, 15) is 9.59 Å². The van der Waals surface area contributed by atoms with Crippen LogP contribution in [0.4, 0.5) is 10.5 Å². The van der Waals surface area contributed by atoms with Gasteiger partial charge in [-0.1, -0.05) is 17.3 Å². The van der Waals surface area contributed by atoms with Gasteiger partial charge in [0.2, 0.25) is 17.6 Å². The lowest BCUT2D eigenvalue weighted by Crippen LogP contribution is -2.39. The van der Waals surface area contributed by atoms with Crippen molar-refractivity contribution < 1.29 is 18.8 Å². The Morgan fingerprint density at radius 2 is 2.00 bits per heavy atom. The summed E-state index contributed by atoms with van der Waals surface area (Å²) in [6.07, 6.45) is 3.66. The van der Waals surface area contributed by atoms with Crippen LogP contribution < -0.4 is 4.90 Å². The first-order valence-electron chi connectivity index (χ1n) is 11.1. The Kier molecular flexibility index (Phi) is 4.75. The number of carbonyl (C=O) groups excluding carboxylic acids is 2. The highest BCUT2D eigenvalue weighted by atomic mass is 16.6. The third kappa shape index (κ3) is 3.79. The second-order valence-corrected chi connectivity index (χ2v) is 9.41. The molecular weight excluding hydrogens is 396 g/mol. The zero-order valence-corrected chi connectivity index (χ0v) is 18.3. The van der Waals surface area contributed by atoms with Gasteiger partial charge in [0, 0.05) is 36.3 Å². The van der Waals surface area contributed by atoms with Gasteiger partial charge in [-0.25, -0.2) is 4.79 Å². The van der Waals surface area contributed by atoms with Crippen LogP contribution in [0.1, 0.15) is 63.8 Å². The molecule has 1 saturated heterocycles. The molecule has 1 aromatic carbocycles. The van der Waals surface area contributed by atoms with E-state index in [0.29, 0.717) is 31.2 Å². The molecule has 0 spiro atoms. The van der Waals surface area contributed by atoms with Gasteiger partial charge >= 0.3 is 6.09 Å². The van der Waals surface area contributed by atoms with Gasteiger partial charge in [0.05, 0.1) is 6.42 Å². The van der Waals surface area contributed by atoms with Crippen molar-refractivity contribution in [1.82, 2.24) is 15.0 Å². The molecule has 0 unspecified atom stereocenters. The zero-order valence-electron chi connectivity index (χ0n) is 18.3. The fourth-order valence-electron chi connectivity index (χ4n) is 4.41. The Morgan fingerprint density at radius 3 is 2.68 bits per heavy atom. The van der Waals surface area contributed by atoms with Crippen LogP contribution in [-0.4, -0.2) is 51.8 Å². The number of rotatable bonds is 4. The summed E-state index contributed by atoms with van der Waals surface area (Å²) in [6, 6.07) is 6.00. The smallest absolute Gasteiger partial charge is 0.410 e. The summed E-state index contributed by atoms with van der Waals surface area (Å²) in [4.78, 5) is 32.9. The molecule has 0 N–H and O–H groups in total. The quantitative estimate of drug-likeness (QED) is 0.740. The van der Waals surface area contributed by atoms with Crippen molar-refractivity contribution in [2.45, 2.75) is 70.4 Å². The lowest BCUT2D eigenvalue weighted by Gasteiger charge is -2.30. The molecule has 1 saturated carbocycles. The molecule has 2 aliphatic heterocycles. The maximum absolute atomic E-state index is 12.3. The summed E-state index contributed by atoms with van der Waals surface area (Å²) in [5, 5.41) is 4.19. The number of piperidine rings is 1. The number of anilines is 1. The SMILES string of the molecule is CC(C)N1C(=O)Cc2ccc(-c3noc(C4CCN(C(=O)OC5(C)CC5)CC4)n3)cc21. The molecule has 5 rings (SSSR count). The zero-order chi connectivity index (χ0) is 21.8. The van der Waals surface area contributed by atoms with Crippen molar-refractivity contribution in [2.75, 3.05) is 18.0 Å². The minimum absolute atomic E-state index is 0.101. The normalized spacial score (nSPS) is 20.3. The summed E-state index contributed by atoms with van der Waals surface area (Å²) in [7, 11) is 0. The number of hydrogen-bond donors (Lipinski definition) is 0. The summed E-state index contributed by atoms with van der Waals surface area (Å²) in [6.45, 7) is 7.26. The van der Waals surface area contributed by atoms with Gasteiger partial charge in [-0.05, 0) is 58.1 Å². The molecule has 3 heterocycles. The van der Waals surface area contributed by atoms with Crippen LogP contribution >= 0.6 is 0 Å². The summed E-state index contributed by atoms with van der Waals surface area (Å²) in [5.41, 5.74) is 2.55. The number of hydrogen-bond acceptors (Lipinski definition) is 6. The highest BCUT2D eigenvalue weighted by Gasteiger charge is 2.43. The van der Waals surface area contributed by atoms with Crippen molar-refractivity contribution in [3.05, 3.63) is 29.7 Å². The number of fused-ring (bicyclic) bond motifs is 1. The van der Waals surface area contributed by atoms with Gasteiger partial charge in [-0.2, -0.15) is 4.98 Å². The summed E-state index contributed by atoms with van der Waals surface area (Å²) >= 11 is 0. The predicted octanol–water partition coefficient (Wildman–Crippen LogP) is 3.90. The molecule has 0 radical (unpaired) electrons. The van der Waals surface area contributed by atoms with Crippen LogP contribution in [-0.2, 0) is 16.0 Å². The van der Waals surface area contributed by atoms with Crippen molar-refractivity contribution >= 4 is 17.7 Å². The first-order valence-corrected chi connectivity index (χ1v) is 11.1. The number of aromatic nitrogens is 2. The molecule has 1 aliphatic carbocycles. The number of likely N-dealkylation sites (tertiary alicyclic amines) is 1. The highest BCUT2D eigenvalue weighted by Crippen LogP contribution is 2.40. The molecule has 3 aliphatic rings. The Balaban J connectivity index is 1.26. The van der Waals surface area contributed by atoms with Crippen molar-refractivity contribution in [2.24, 2.45) is 0 Å². The fourth-order valence-corrected chi connectivity index (χ4v) is 4.41. The first kappa shape index (κ1) is 20.0. The Bertz CT molecular complexity index is 1020. The number of ether oxygens (including phenoxy) is 1. The number of nitrogens with zero attached hydrogens (tertiary/aromatic N) is 4. The Morgan fingerprint density at radius 1 is 1.26 bits per heavy atom. The molecular formula is C23H28N4O4. The second kappa shape index (κ2) is 7.35. The van der Waals surface area contributed by atoms with Crippen molar-refractivity contribution in [1.29, 1.82) is 0 Å². The minimum atomic E-state index is -0.249. The molecule has 31 heavy (non-hydrogen) atoms. The molecule has 2 amide bonds. The van der Waals surface area contributed by atoms with Crippen LogP contribution in [0.25, 0.3) is 11.4 Å². The van der Waals surface area contributed by atoms with Crippen LogP contribution in [0.15, 0.2) is 22.7 Å². The van der Waals surface area contributed by atoms with E-state index in [1.165, 1.54) is 0 Å². The topological polar surface area (TPSA) is 88.8 Å². The molecule has 1 aromatic heterocycles. The molecule has 2 fully saturated rings. The Labute approximate surface area is 181 Å². The molecule has 164 valence electrons. The predicted molar refractivity (Wildman–Crippen MR) is 114 cm³/mol. The molecule has 0 bridgehead atoms. The van der Waals surface area contributed by atoms with Gasteiger partial charge in [0.15, 0.2) is 0 Å². The van der Waals surface area contributed by atoms with E-state index in [-0.39, 0.29) is 29.6 Å². The monoisotopic (exact) mass is 424 g/mol. The molecule has 0 atom stereocenters. The highest BCUT2D eigenvalue weighted by molar-refractivity contribution is 6.02. The first-order chi connectivity index (χ1) is 14.8.